The summed E-state index contributed by atoms with van der Waals surface area (Å²) >= 11 is 0. The number of likely N-dealkylation sites (tertiary alicyclic amines) is 1. The number of benzene rings is 1. The Hall–Kier alpha value is -2.17. The molecule has 2 aromatic rings. The molecule has 0 aliphatic carbocycles. The van der Waals surface area contributed by atoms with E-state index in [1.54, 1.807) is 0 Å². The highest BCUT2D eigenvalue weighted by molar-refractivity contribution is 5.76. The first kappa shape index (κ1) is 20.6. The third kappa shape index (κ3) is 5.43. The van der Waals surface area contributed by atoms with Gasteiger partial charge in [-0.15, -0.1) is 0 Å². The van der Waals surface area contributed by atoms with E-state index in [4.69, 9.17) is 4.52 Å². The van der Waals surface area contributed by atoms with E-state index >= 15 is 0 Å². The van der Waals surface area contributed by atoms with Crippen LogP contribution in [0.4, 0.5) is 0 Å². The second kappa shape index (κ2) is 8.46. The van der Waals surface area contributed by atoms with Crippen molar-refractivity contribution >= 4 is 5.91 Å². The van der Waals surface area contributed by atoms with E-state index < -0.39 is 0 Å². The second-order valence-corrected chi connectivity index (χ2v) is 9.55. The van der Waals surface area contributed by atoms with Gasteiger partial charge in [-0.05, 0) is 37.5 Å². The predicted molar refractivity (Wildman–Crippen MR) is 111 cm³/mol. The Morgan fingerprint density at radius 3 is 2.46 bits per heavy atom. The van der Waals surface area contributed by atoms with Gasteiger partial charge >= 0.3 is 0 Å². The monoisotopic (exact) mass is 383 g/mol. The summed E-state index contributed by atoms with van der Waals surface area (Å²) in [5, 5.41) is 4.15. The van der Waals surface area contributed by atoms with Crippen LogP contribution >= 0.6 is 0 Å². The number of amides is 1. The maximum absolute atomic E-state index is 12.6. The molecule has 0 radical (unpaired) electrons. The SMILES string of the molecule is Cc1ccc(-c2noc(C3CCN(C(=O)C[C@@H](C)CC(C)(C)C)CC3)n2)cc1. The topological polar surface area (TPSA) is 59.2 Å². The van der Waals surface area contributed by atoms with Crippen LogP contribution in [-0.2, 0) is 4.79 Å². The minimum absolute atomic E-state index is 0.239. The summed E-state index contributed by atoms with van der Waals surface area (Å²) in [6.07, 6.45) is 3.48. The van der Waals surface area contributed by atoms with Gasteiger partial charge in [0.25, 0.3) is 0 Å². The van der Waals surface area contributed by atoms with E-state index in [1.807, 2.05) is 17.0 Å². The van der Waals surface area contributed by atoms with Crippen LogP contribution in [0.2, 0.25) is 0 Å². The smallest absolute Gasteiger partial charge is 0.230 e. The summed E-state index contributed by atoms with van der Waals surface area (Å²) in [5.41, 5.74) is 2.45. The van der Waals surface area contributed by atoms with Crippen LogP contribution in [0.3, 0.4) is 0 Å². The van der Waals surface area contributed by atoms with Crippen LogP contribution in [-0.4, -0.2) is 34.0 Å². The summed E-state index contributed by atoms with van der Waals surface area (Å²) in [4.78, 5) is 19.2. The molecule has 1 amide bonds. The molecular formula is C23H33N3O2. The first-order valence-corrected chi connectivity index (χ1v) is 10.4. The average molecular weight is 384 g/mol. The van der Waals surface area contributed by atoms with E-state index in [-0.39, 0.29) is 17.2 Å². The first-order chi connectivity index (χ1) is 13.2. The summed E-state index contributed by atoms with van der Waals surface area (Å²) in [7, 11) is 0. The van der Waals surface area contributed by atoms with Gasteiger partial charge in [0.15, 0.2) is 0 Å². The van der Waals surface area contributed by atoms with E-state index in [2.05, 4.69) is 56.9 Å². The highest BCUT2D eigenvalue weighted by Crippen LogP contribution is 2.30. The van der Waals surface area contributed by atoms with E-state index in [0.29, 0.717) is 24.1 Å². The molecule has 1 aromatic carbocycles. The zero-order valence-corrected chi connectivity index (χ0v) is 17.9. The maximum Gasteiger partial charge on any atom is 0.230 e. The molecule has 3 rings (SSSR count). The maximum atomic E-state index is 12.6. The number of rotatable bonds is 5. The molecule has 5 heteroatoms. The summed E-state index contributed by atoms with van der Waals surface area (Å²) < 4.78 is 5.54. The van der Waals surface area contributed by atoms with Crippen LogP contribution in [0.5, 0.6) is 0 Å². The van der Waals surface area contributed by atoms with Gasteiger partial charge in [0.05, 0.1) is 0 Å². The van der Waals surface area contributed by atoms with Crippen molar-refractivity contribution in [1.82, 2.24) is 15.0 Å². The van der Waals surface area contributed by atoms with Gasteiger partial charge in [0, 0.05) is 31.0 Å². The summed E-state index contributed by atoms with van der Waals surface area (Å²) in [5.74, 6) is 2.27. The van der Waals surface area contributed by atoms with Crippen molar-refractivity contribution in [1.29, 1.82) is 0 Å². The van der Waals surface area contributed by atoms with Crippen molar-refractivity contribution in [2.75, 3.05) is 13.1 Å². The fourth-order valence-corrected chi connectivity index (χ4v) is 4.14. The van der Waals surface area contributed by atoms with Gasteiger partial charge in [-0.1, -0.05) is 62.7 Å². The number of aryl methyl sites for hydroxylation is 1. The normalized spacial score (nSPS) is 17.0. The third-order valence-electron chi connectivity index (χ3n) is 5.43. The number of nitrogens with zero attached hydrogens (tertiary/aromatic N) is 3. The minimum Gasteiger partial charge on any atom is -0.343 e. The predicted octanol–water partition coefficient (Wildman–Crippen LogP) is 5.21. The lowest BCUT2D eigenvalue weighted by molar-refractivity contribution is -0.133. The molecule has 152 valence electrons. The first-order valence-electron chi connectivity index (χ1n) is 10.4. The van der Waals surface area contributed by atoms with Crippen LogP contribution in [0, 0.1) is 18.3 Å². The Bertz CT molecular complexity index is 781. The molecule has 1 saturated heterocycles. The Morgan fingerprint density at radius 1 is 1.21 bits per heavy atom. The molecule has 1 aliphatic rings. The molecule has 5 nitrogen and oxygen atoms in total. The quantitative estimate of drug-likeness (QED) is 0.711. The molecule has 1 aliphatic heterocycles. The molecule has 2 heterocycles. The summed E-state index contributed by atoms with van der Waals surface area (Å²) in [6, 6.07) is 8.14. The Balaban J connectivity index is 1.53. The van der Waals surface area contributed by atoms with Crippen LogP contribution < -0.4 is 0 Å². The lowest BCUT2D eigenvalue weighted by Gasteiger charge is -2.32. The number of hydrogen-bond acceptors (Lipinski definition) is 4. The highest BCUT2D eigenvalue weighted by atomic mass is 16.5. The van der Waals surface area contributed by atoms with Crippen molar-refractivity contribution < 1.29 is 9.32 Å². The van der Waals surface area contributed by atoms with Gasteiger partial charge in [0.1, 0.15) is 0 Å². The van der Waals surface area contributed by atoms with Gasteiger partial charge in [-0.3, -0.25) is 4.79 Å². The number of carbonyl (C=O) groups is 1. The molecule has 1 aromatic heterocycles. The van der Waals surface area contributed by atoms with E-state index in [0.717, 1.165) is 37.9 Å². The fraction of sp³-hybridized carbons (Fsp3) is 0.609. The second-order valence-electron chi connectivity index (χ2n) is 9.55. The van der Waals surface area contributed by atoms with Crippen LogP contribution in [0.15, 0.2) is 28.8 Å². The molecule has 0 saturated carbocycles. The standard InChI is InChI=1S/C23H33N3O2/c1-16-6-8-18(9-7-16)21-24-22(28-25-21)19-10-12-26(13-11-19)20(27)14-17(2)15-23(3,4)5/h6-9,17,19H,10-15H2,1-5H3/t17-/m1/s1. The van der Waals surface area contributed by atoms with Crippen LogP contribution in [0.1, 0.15) is 70.8 Å². The van der Waals surface area contributed by atoms with E-state index in [1.165, 1.54) is 5.56 Å². The van der Waals surface area contributed by atoms with Crippen molar-refractivity contribution in [2.45, 2.75) is 66.2 Å². The van der Waals surface area contributed by atoms with Crippen molar-refractivity contribution in [3.05, 3.63) is 35.7 Å². The van der Waals surface area contributed by atoms with Gasteiger partial charge < -0.3 is 9.42 Å². The van der Waals surface area contributed by atoms with Crippen molar-refractivity contribution in [2.24, 2.45) is 11.3 Å². The van der Waals surface area contributed by atoms with Gasteiger partial charge in [0.2, 0.25) is 17.6 Å². The zero-order chi connectivity index (χ0) is 20.3. The molecule has 1 atom stereocenters. The van der Waals surface area contributed by atoms with Gasteiger partial charge in [-0.25, -0.2) is 0 Å². The lowest BCUT2D eigenvalue weighted by Crippen LogP contribution is -2.38. The molecule has 1 fully saturated rings. The van der Waals surface area contributed by atoms with Crippen molar-refractivity contribution in [3.8, 4) is 11.4 Å². The van der Waals surface area contributed by atoms with Crippen molar-refractivity contribution in [3.63, 3.8) is 0 Å². The largest absolute Gasteiger partial charge is 0.343 e. The molecule has 0 bridgehead atoms. The molecule has 0 unspecified atom stereocenters. The molecule has 28 heavy (non-hydrogen) atoms. The minimum atomic E-state index is 0.239. The highest BCUT2D eigenvalue weighted by Gasteiger charge is 2.28. The molecular weight excluding hydrogens is 350 g/mol. The number of hydrogen-bond donors (Lipinski definition) is 0. The van der Waals surface area contributed by atoms with Crippen LogP contribution in [0.25, 0.3) is 11.4 Å². The molecule has 0 N–H and O–H groups in total. The molecule has 0 spiro atoms. The third-order valence-corrected chi connectivity index (χ3v) is 5.43. The van der Waals surface area contributed by atoms with Gasteiger partial charge in [-0.2, -0.15) is 4.98 Å². The lowest BCUT2D eigenvalue weighted by atomic mass is 9.84. The van der Waals surface area contributed by atoms with E-state index in [9.17, 15) is 4.79 Å². The zero-order valence-electron chi connectivity index (χ0n) is 17.9. The fourth-order valence-electron chi connectivity index (χ4n) is 4.14. The summed E-state index contributed by atoms with van der Waals surface area (Å²) in [6.45, 7) is 12.5. The Kier molecular flexibility index (Phi) is 6.21. The number of carbonyl (C=O) groups excluding carboxylic acids is 1. The Morgan fingerprint density at radius 2 is 1.86 bits per heavy atom. The average Bonchev–Trinajstić information content (AvgIpc) is 3.11. The number of aromatic nitrogens is 2. The Labute approximate surface area is 168 Å². The number of piperidine rings is 1.